The Morgan fingerprint density at radius 2 is 0.910 bits per heavy atom. The van der Waals surface area contributed by atoms with Gasteiger partial charge in [-0.25, -0.2) is 0 Å². The van der Waals surface area contributed by atoms with Gasteiger partial charge in [-0.2, -0.15) is 23.5 Å². The molecule has 35 heteroatoms. The number of hydrogen-bond donors (Lipinski definition) is 18. The second-order valence-electron chi connectivity index (χ2n) is 24.7. The van der Waals surface area contributed by atoms with Crippen molar-refractivity contribution in [1.82, 2.24) is 63.8 Å². The maximum Gasteiger partial charge on any atom is 0.305 e. The lowest BCUT2D eigenvalue weighted by Gasteiger charge is -2.29. The number of aliphatic carboxylic acids is 1. The van der Waals surface area contributed by atoms with Crippen molar-refractivity contribution in [1.29, 1.82) is 0 Å². The number of Topliss-reactive ketones (excluding diaryl/α,β-unsaturated/α-hetero) is 1. The van der Waals surface area contributed by atoms with Crippen LogP contribution in [-0.4, -0.2) is 225 Å². The van der Waals surface area contributed by atoms with Crippen molar-refractivity contribution in [3.8, 4) is 5.75 Å². The number of amides is 13. The van der Waals surface area contributed by atoms with Crippen LogP contribution in [0.25, 0.3) is 0 Å². The summed E-state index contributed by atoms with van der Waals surface area (Å²) in [4.78, 5) is 201. The number of benzene rings is 1. The molecular weight excluding hydrogens is 1340 g/mol. The summed E-state index contributed by atoms with van der Waals surface area (Å²) in [6.45, 7) is 9.20. The Morgan fingerprint density at radius 3 is 1.35 bits per heavy atom. The molecule has 0 aromatic heterocycles. The number of unbranched alkanes of at least 4 members (excludes halogenated alkanes) is 4. The first-order valence-electron chi connectivity index (χ1n) is 33.6. The van der Waals surface area contributed by atoms with Gasteiger partial charge in [0, 0.05) is 19.8 Å². The molecule has 1 aromatic rings. The highest BCUT2D eigenvalue weighted by Crippen LogP contribution is 2.16. The van der Waals surface area contributed by atoms with Gasteiger partial charge < -0.3 is 95.7 Å². The number of hydrogen-bond acceptors (Lipinski definition) is 21. The zero-order valence-corrected chi connectivity index (χ0v) is 60.4. The number of rotatable bonds is 52. The van der Waals surface area contributed by atoms with Gasteiger partial charge in [0.1, 0.15) is 66.2 Å². The molecule has 100 heavy (non-hydrogen) atoms. The van der Waals surface area contributed by atoms with E-state index in [9.17, 15) is 92.3 Å². The van der Waals surface area contributed by atoms with E-state index in [-0.39, 0.29) is 75.3 Å². The van der Waals surface area contributed by atoms with E-state index in [1.807, 2.05) is 20.1 Å². The van der Waals surface area contributed by atoms with Crippen molar-refractivity contribution in [3.05, 3.63) is 29.8 Å². The number of phenolic OH excluding ortho intramolecular Hbond substituents is 1. The van der Waals surface area contributed by atoms with Crippen LogP contribution in [0.1, 0.15) is 157 Å². The van der Waals surface area contributed by atoms with Gasteiger partial charge in [0.2, 0.25) is 76.8 Å². The van der Waals surface area contributed by atoms with Crippen molar-refractivity contribution in [2.75, 3.05) is 43.7 Å². The smallest absolute Gasteiger partial charge is 0.305 e. The van der Waals surface area contributed by atoms with E-state index < -0.39 is 194 Å². The molecule has 20 N–H and O–H groups in total. The Bertz CT molecular complexity index is 2860. The molecule has 0 radical (unpaired) electrons. The van der Waals surface area contributed by atoms with Crippen LogP contribution in [0, 0.1) is 5.92 Å². The van der Waals surface area contributed by atoms with Gasteiger partial charge in [-0.15, -0.1) is 0 Å². The second kappa shape index (κ2) is 49.4. The topological polar surface area (TPSA) is 533 Å². The predicted octanol–water partition coefficient (Wildman–Crippen LogP) is -2.44. The maximum atomic E-state index is 14.6. The minimum absolute atomic E-state index is 0.00122. The molecule has 0 unspecified atom stereocenters. The first-order valence-corrected chi connectivity index (χ1v) is 36.4. The number of aliphatic hydroxyl groups excluding tert-OH is 2. The zero-order chi connectivity index (χ0) is 75.6. The molecule has 33 nitrogen and oxygen atoms in total. The fourth-order valence-corrected chi connectivity index (χ4v) is 10.9. The third-order valence-electron chi connectivity index (χ3n) is 15.5. The van der Waals surface area contributed by atoms with Gasteiger partial charge in [-0.05, 0) is 126 Å². The molecule has 13 amide bonds. The number of aromatic hydroxyl groups is 1. The van der Waals surface area contributed by atoms with E-state index in [0.717, 1.165) is 13.8 Å². The van der Waals surface area contributed by atoms with Crippen molar-refractivity contribution >= 4 is 112 Å². The minimum atomic E-state index is -1.74. The number of carbonyl (C=O) groups is 15. The molecule has 0 fully saturated rings. The number of nitrogens with one attached hydrogen (secondary N) is 12. The lowest BCUT2D eigenvalue weighted by Crippen LogP contribution is -2.61. The molecule has 564 valence electrons. The Balaban J connectivity index is 3.61. The third kappa shape index (κ3) is 36.3. The summed E-state index contributed by atoms with van der Waals surface area (Å²) < 4.78 is 0. The average Bonchev–Trinajstić information content (AvgIpc) is 0.864. The second-order valence-corrected chi connectivity index (χ2v) is 26.7. The number of carboxylic acids is 1. The molecule has 0 saturated carbocycles. The van der Waals surface area contributed by atoms with Crippen LogP contribution in [-0.2, 0) is 78.3 Å². The quantitative estimate of drug-likeness (QED) is 0.0301. The summed E-state index contributed by atoms with van der Waals surface area (Å²) >= 11 is 2.71. The highest BCUT2D eigenvalue weighted by Gasteiger charge is 2.37. The van der Waals surface area contributed by atoms with Crippen molar-refractivity contribution in [2.24, 2.45) is 17.4 Å². The monoisotopic (exact) mass is 1450 g/mol. The van der Waals surface area contributed by atoms with Gasteiger partial charge in [-0.1, -0.05) is 71.9 Å². The number of nitrogens with two attached hydrogens (primary N) is 2. The van der Waals surface area contributed by atoms with Crippen molar-refractivity contribution < 1.29 is 92.3 Å². The Morgan fingerprint density at radius 1 is 0.490 bits per heavy atom. The minimum Gasteiger partial charge on any atom is -0.508 e. The number of phenols is 1. The molecule has 0 aliphatic carbocycles. The van der Waals surface area contributed by atoms with Crippen molar-refractivity contribution in [2.45, 2.75) is 230 Å². The molecule has 1 aromatic carbocycles. The Kier molecular flexibility index (Phi) is 44.4. The fourth-order valence-electron chi connectivity index (χ4n) is 9.92. The predicted molar refractivity (Wildman–Crippen MR) is 374 cm³/mol. The summed E-state index contributed by atoms with van der Waals surface area (Å²) in [7, 11) is 0. The summed E-state index contributed by atoms with van der Waals surface area (Å²) in [6, 6.07) is -10.3. The first-order chi connectivity index (χ1) is 47.2. The molecule has 0 aliphatic heterocycles. The molecular formula is C65H108N14O19S2. The number of carboxylic acid groups (broad SMARTS) is 1. The van der Waals surface area contributed by atoms with Gasteiger partial charge in [0.25, 0.3) is 0 Å². The van der Waals surface area contributed by atoms with Crippen LogP contribution in [0.15, 0.2) is 24.3 Å². The number of thioether (sulfide) groups is 2. The van der Waals surface area contributed by atoms with Crippen LogP contribution in [0.5, 0.6) is 5.75 Å². The normalized spacial score (nSPS) is 14.7. The highest BCUT2D eigenvalue weighted by atomic mass is 32.2. The van der Waals surface area contributed by atoms with E-state index in [1.165, 1.54) is 54.7 Å². The molecule has 0 bridgehead atoms. The molecule has 0 heterocycles. The molecule has 0 saturated heterocycles. The number of carbonyl (C=O) groups excluding carboxylic acids is 14. The number of aliphatic hydroxyl groups is 2. The summed E-state index contributed by atoms with van der Waals surface area (Å²) in [5.74, 6) is -13.1. The number of ketones is 1. The van der Waals surface area contributed by atoms with E-state index in [4.69, 9.17) is 11.5 Å². The lowest BCUT2D eigenvalue weighted by molar-refractivity contribution is -0.141. The van der Waals surface area contributed by atoms with Gasteiger partial charge in [0.05, 0.1) is 31.7 Å². The molecule has 12 atom stereocenters. The van der Waals surface area contributed by atoms with Crippen LogP contribution < -0.4 is 75.3 Å². The molecule has 1 rings (SSSR count). The average molecular weight is 1450 g/mol. The van der Waals surface area contributed by atoms with Gasteiger partial charge >= 0.3 is 5.97 Å². The van der Waals surface area contributed by atoms with Crippen LogP contribution in [0.2, 0.25) is 0 Å². The largest absolute Gasteiger partial charge is 0.508 e. The van der Waals surface area contributed by atoms with E-state index in [1.54, 1.807) is 20.1 Å². The molecule has 0 aliphatic rings. The van der Waals surface area contributed by atoms with E-state index in [0.29, 0.717) is 49.8 Å². The Labute approximate surface area is 592 Å². The fraction of sp³-hybridized carbons (Fsp3) is 0.677. The maximum absolute atomic E-state index is 14.6. The lowest BCUT2D eigenvalue weighted by atomic mass is 10.00. The van der Waals surface area contributed by atoms with Crippen LogP contribution in [0.4, 0.5) is 0 Å². The summed E-state index contributed by atoms with van der Waals surface area (Å²) in [5.41, 5.74) is 11.8. The highest BCUT2D eigenvalue weighted by molar-refractivity contribution is 7.98. The van der Waals surface area contributed by atoms with Gasteiger partial charge in [-0.3, -0.25) is 71.9 Å². The van der Waals surface area contributed by atoms with E-state index in [2.05, 4.69) is 63.8 Å². The summed E-state index contributed by atoms with van der Waals surface area (Å²) in [5, 5.41) is 70.4. The van der Waals surface area contributed by atoms with Crippen LogP contribution >= 0.6 is 23.5 Å². The number of primary amides is 1. The van der Waals surface area contributed by atoms with Gasteiger partial charge in [0.15, 0.2) is 5.78 Å². The van der Waals surface area contributed by atoms with E-state index >= 15 is 0 Å². The SMILES string of the molecule is CCCCC[C@H](NC(=O)[C@H](CCCCN)NC(=O)[C@H](CCC(N)=O)NC(=O)[C@H](Cc1ccc(O)cc1)NC(=O)CNC(=O)[C@H](CCSC)NC(C)=O)C(=O)N[C@@H](CC(C)C)C(=O)N[C@@H](CCCC)C(=O)N[C@@H](CO)C(=O)N[C@@H](CCSC)C(=O)N[C@H](C(=O)N[C@@H](CC(=O)O)C(C)=O)[C@@H](C)O. The standard InChI is InChI=1S/C65H108N14O19S2/c1-10-12-14-18-43(71-57(90)44(19-15-16-28-66)72-60(93)45(24-25-52(67)85)74-63(96)50(32-40-20-22-41(84)23-21-40)70-53(86)34-68-56(89)46(26-29-99-8)69-39(7)83)58(91)77-49(31-36(3)4)62(95)73-42(17-13-11-2)59(92)78-51(35-80)64(97)75-47(27-30-100-9)61(94)79-55(38(6)82)65(98)76-48(37(5)81)33-54(87)88/h20-23,36,38,42-51,55,80,82,84H,10-19,24-35,66H2,1-9H3,(H2,67,85)(H,68,89)(H,69,83)(H,70,86)(H,71,90)(H,72,93)(H,73,95)(H,74,96)(H,75,97)(H,76,98)(H,77,91)(H,78,92)(H,79,94)(H,87,88)/t38-,42+,43+,44+,45+,46+,47+,48+,49+,50+,51+,55+/m1/s1. The molecule has 0 spiro atoms. The zero-order valence-electron chi connectivity index (χ0n) is 58.8. The Hall–Kier alpha value is -8.15. The third-order valence-corrected chi connectivity index (χ3v) is 16.8. The van der Waals surface area contributed by atoms with Crippen molar-refractivity contribution in [3.63, 3.8) is 0 Å². The summed E-state index contributed by atoms with van der Waals surface area (Å²) in [6.07, 6.45) is 3.41. The first kappa shape index (κ1) is 89.9. The van der Waals surface area contributed by atoms with Crippen LogP contribution in [0.3, 0.4) is 0 Å².